The van der Waals surface area contributed by atoms with Crippen LogP contribution in [0.25, 0.3) is 10.2 Å². The minimum atomic E-state index is -1.56. The molecule has 0 saturated heterocycles. The summed E-state index contributed by atoms with van der Waals surface area (Å²) in [4.78, 5) is 104. The molecule has 1 heterocycles. The normalized spacial score (nSPS) is 12.6. The molecule has 4 rings (SSSR count). The molecule has 0 radical (unpaired) electrons. The molecule has 0 aliphatic rings. The summed E-state index contributed by atoms with van der Waals surface area (Å²) in [5.74, 6) is -13.8. The van der Waals surface area contributed by atoms with Crippen molar-refractivity contribution in [1.82, 2.24) is 4.98 Å². The number of rotatable bonds is 19. The highest BCUT2D eigenvalue weighted by molar-refractivity contribution is 8.02. The van der Waals surface area contributed by atoms with E-state index < -0.39 is 84.1 Å². The number of thiazole rings is 1. The summed E-state index contributed by atoms with van der Waals surface area (Å²) in [6, 6.07) is 18.6. The number of ether oxygens (including phenoxy) is 2. The monoisotopic (exact) mass is 815 g/mol. The highest BCUT2D eigenvalue weighted by atomic mass is 32.2. The Hall–Kier alpha value is -5.24. The van der Waals surface area contributed by atoms with Crippen molar-refractivity contribution in [2.45, 2.75) is 38.6 Å². The molecule has 0 bridgehead atoms. The maximum absolute atomic E-state index is 13.5. The number of nitrogens with zero attached hydrogens (tertiary/aromatic N) is 1. The van der Waals surface area contributed by atoms with Gasteiger partial charge in [0.05, 0.1) is 52.4 Å². The van der Waals surface area contributed by atoms with E-state index in [4.69, 9.17) is 9.47 Å². The standard InChI is InChI=1S/C35H29NO14S4/c37-27(38)13-18(16-51-23-10-4-1-7-20(23)30(42)43)32(46)49-29(41)15-26(54-35-36-22-9-3-6-12-25(22)53-35)34(48)50-33(47)19(14-28(39)40)17-52-24-11-5-2-8-21(24)31(44)45/h1-12,18-19,26H,13-17H2,(H,37,38)(H,39,40)(H,42,43)(H,44,45). The van der Waals surface area contributed by atoms with Crippen molar-refractivity contribution in [3.05, 3.63) is 83.9 Å². The van der Waals surface area contributed by atoms with Crippen LogP contribution in [0.4, 0.5) is 0 Å². The molecule has 282 valence electrons. The molecule has 15 nitrogen and oxygen atoms in total. The number of carbonyl (C=O) groups excluding carboxylic acids is 4. The number of esters is 4. The van der Waals surface area contributed by atoms with E-state index in [9.17, 15) is 58.8 Å². The van der Waals surface area contributed by atoms with Crippen LogP contribution in [-0.4, -0.2) is 89.9 Å². The smallest absolute Gasteiger partial charge is 0.336 e. The van der Waals surface area contributed by atoms with E-state index in [1.807, 2.05) is 0 Å². The third-order valence-electron chi connectivity index (χ3n) is 7.17. The summed E-state index contributed by atoms with van der Waals surface area (Å²) in [5.41, 5.74) is 0.387. The maximum Gasteiger partial charge on any atom is 0.336 e. The molecule has 0 fully saturated rings. The molecule has 1 aromatic heterocycles. The second-order valence-corrected chi connectivity index (χ2v) is 15.7. The van der Waals surface area contributed by atoms with Gasteiger partial charge in [0.2, 0.25) is 0 Å². The number of hydrogen-bond acceptors (Lipinski definition) is 15. The first kappa shape index (κ1) is 41.5. The Labute approximate surface area is 322 Å². The minimum absolute atomic E-state index is 0.0851. The summed E-state index contributed by atoms with van der Waals surface area (Å²) < 4.78 is 11.0. The van der Waals surface area contributed by atoms with Gasteiger partial charge in [0, 0.05) is 21.3 Å². The van der Waals surface area contributed by atoms with Gasteiger partial charge >= 0.3 is 47.8 Å². The molecular weight excluding hydrogens is 787 g/mol. The fourth-order valence-electron chi connectivity index (χ4n) is 4.59. The van der Waals surface area contributed by atoms with E-state index >= 15 is 0 Å². The van der Waals surface area contributed by atoms with Crippen LogP contribution in [0.15, 0.2) is 86.9 Å². The lowest BCUT2D eigenvalue weighted by molar-refractivity contribution is -0.168. The number of carboxylic acids is 4. The number of aromatic carboxylic acids is 2. The zero-order chi connectivity index (χ0) is 39.4. The number of carbonyl (C=O) groups is 8. The molecule has 0 saturated carbocycles. The van der Waals surface area contributed by atoms with Crippen molar-refractivity contribution in [2.24, 2.45) is 11.8 Å². The van der Waals surface area contributed by atoms with Crippen LogP contribution in [0, 0.1) is 11.8 Å². The van der Waals surface area contributed by atoms with Gasteiger partial charge in [-0.2, -0.15) is 0 Å². The first-order valence-corrected chi connectivity index (χ1v) is 19.2. The summed E-state index contributed by atoms with van der Waals surface area (Å²) in [5, 5.41) is 36.2. The van der Waals surface area contributed by atoms with E-state index in [1.165, 1.54) is 36.4 Å². The van der Waals surface area contributed by atoms with Gasteiger partial charge < -0.3 is 29.9 Å². The lowest BCUT2D eigenvalue weighted by Gasteiger charge is -2.17. The fourth-order valence-corrected chi connectivity index (χ4v) is 9.10. The predicted octanol–water partition coefficient (Wildman–Crippen LogP) is 5.45. The molecule has 0 spiro atoms. The first-order valence-electron chi connectivity index (χ1n) is 15.6. The number of thioether (sulfide) groups is 3. The molecular formula is C35H29NO14S4. The quantitative estimate of drug-likeness (QED) is 0.0522. The van der Waals surface area contributed by atoms with Gasteiger partial charge in [0.1, 0.15) is 5.25 Å². The summed E-state index contributed by atoms with van der Waals surface area (Å²) >= 11 is 3.61. The topological polar surface area (TPSA) is 249 Å². The molecule has 19 heteroatoms. The van der Waals surface area contributed by atoms with Crippen LogP contribution >= 0.6 is 46.6 Å². The lowest BCUT2D eigenvalue weighted by atomic mass is 10.1. The van der Waals surface area contributed by atoms with Crippen LogP contribution in [0.1, 0.15) is 40.0 Å². The summed E-state index contributed by atoms with van der Waals surface area (Å²) in [6.45, 7) is 0. The summed E-state index contributed by atoms with van der Waals surface area (Å²) in [7, 11) is 0. The molecule has 0 aliphatic carbocycles. The Bertz CT molecular complexity index is 2050. The van der Waals surface area contributed by atoms with Gasteiger partial charge in [-0.3, -0.25) is 28.8 Å². The minimum Gasteiger partial charge on any atom is -0.481 e. The molecule has 3 unspecified atom stereocenters. The van der Waals surface area contributed by atoms with E-state index in [0.29, 0.717) is 5.52 Å². The van der Waals surface area contributed by atoms with Gasteiger partial charge in [0.15, 0.2) is 4.34 Å². The number of aliphatic carboxylic acids is 2. The molecule has 0 aliphatic heterocycles. The molecule has 3 atom stereocenters. The molecule has 3 aromatic carbocycles. The van der Waals surface area contributed by atoms with E-state index in [-0.39, 0.29) is 36.8 Å². The van der Waals surface area contributed by atoms with Crippen LogP contribution in [0.5, 0.6) is 0 Å². The molecule has 0 amide bonds. The molecule has 4 N–H and O–H groups in total. The number of hydrogen-bond donors (Lipinski definition) is 4. The maximum atomic E-state index is 13.5. The zero-order valence-electron chi connectivity index (χ0n) is 27.6. The van der Waals surface area contributed by atoms with Crippen molar-refractivity contribution < 1.29 is 68.3 Å². The second-order valence-electron chi connectivity index (χ2n) is 11.1. The number of carboxylic acid groups (broad SMARTS) is 4. The van der Waals surface area contributed by atoms with Gasteiger partial charge in [-0.25, -0.2) is 14.6 Å². The predicted molar refractivity (Wildman–Crippen MR) is 196 cm³/mol. The fraction of sp³-hybridized carbons (Fsp3) is 0.229. The highest BCUT2D eigenvalue weighted by Gasteiger charge is 2.34. The number of para-hydroxylation sites is 1. The third-order valence-corrected chi connectivity index (χ3v) is 11.9. The van der Waals surface area contributed by atoms with Gasteiger partial charge in [-0.1, -0.05) is 48.2 Å². The Morgan fingerprint density at radius 2 is 1.09 bits per heavy atom. The van der Waals surface area contributed by atoms with Crippen molar-refractivity contribution in [3.8, 4) is 0 Å². The Morgan fingerprint density at radius 3 is 1.59 bits per heavy atom. The Morgan fingerprint density at radius 1 is 0.611 bits per heavy atom. The second kappa shape index (κ2) is 19.7. The average molecular weight is 816 g/mol. The van der Waals surface area contributed by atoms with Crippen LogP contribution in [-0.2, 0) is 38.2 Å². The highest BCUT2D eigenvalue weighted by Crippen LogP contribution is 2.35. The SMILES string of the molecule is O=C(O)CC(CSc1ccccc1C(=O)O)C(=O)OC(=O)CC(Sc1nc2ccccc2s1)C(=O)OC(=O)C(CSc1ccccc1C(=O)O)CC(=O)O. The van der Waals surface area contributed by atoms with Crippen LogP contribution < -0.4 is 0 Å². The Balaban J connectivity index is 1.50. The Kier molecular flexibility index (Phi) is 15.2. The van der Waals surface area contributed by atoms with Crippen LogP contribution in [0.3, 0.4) is 0 Å². The van der Waals surface area contributed by atoms with Crippen molar-refractivity contribution >= 4 is 105 Å². The van der Waals surface area contributed by atoms with E-state index in [0.717, 1.165) is 51.3 Å². The number of aromatic nitrogens is 1. The van der Waals surface area contributed by atoms with Crippen molar-refractivity contribution in [2.75, 3.05) is 11.5 Å². The number of benzene rings is 3. The van der Waals surface area contributed by atoms with E-state index in [1.54, 1.807) is 36.4 Å². The average Bonchev–Trinajstić information content (AvgIpc) is 3.53. The van der Waals surface area contributed by atoms with Crippen molar-refractivity contribution in [1.29, 1.82) is 0 Å². The first-order chi connectivity index (χ1) is 25.7. The van der Waals surface area contributed by atoms with E-state index in [2.05, 4.69) is 4.98 Å². The van der Waals surface area contributed by atoms with Gasteiger partial charge in [0.25, 0.3) is 0 Å². The molecule has 54 heavy (non-hydrogen) atoms. The largest absolute Gasteiger partial charge is 0.481 e. The molecule has 4 aromatic rings. The summed E-state index contributed by atoms with van der Waals surface area (Å²) in [6.07, 6.45) is -2.41. The van der Waals surface area contributed by atoms with Gasteiger partial charge in [-0.15, -0.1) is 34.9 Å². The number of fused-ring (bicyclic) bond motifs is 1. The van der Waals surface area contributed by atoms with Crippen LogP contribution in [0.2, 0.25) is 0 Å². The zero-order valence-corrected chi connectivity index (χ0v) is 30.9. The lowest BCUT2D eigenvalue weighted by Crippen LogP contribution is -2.32. The van der Waals surface area contributed by atoms with Gasteiger partial charge in [-0.05, 0) is 36.4 Å². The third kappa shape index (κ3) is 12.2. The van der Waals surface area contributed by atoms with Crippen molar-refractivity contribution in [3.63, 3.8) is 0 Å².